The highest BCUT2D eigenvalue weighted by Gasteiger charge is 2.29. The van der Waals surface area contributed by atoms with Crippen molar-refractivity contribution in [3.8, 4) is 0 Å². The number of likely N-dealkylation sites (N-methyl/N-ethyl adjacent to an activating group) is 1. The predicted molar refractivity (Wildman–Crippen MR) is 126 cm³/mol. The van der Waals surface area contributed by atoms with Gasteiger partial charge >= 0.3 is 5.97 Å². The quantitative estimate of drug-likeness (QED) is 0.606. The van der Waals surface area contributed by atoms with Crippen LogP contribution in [0.25, 0.3) is 10.9 Å². The summed E-state index contributed by atoms with van der Waals surface area (Å²) in [6.07, 6.45) is 0.278. The van der Waals surface area contributed by atoms with Gasteiger partial charge in [0.05, 0.1) is 11.1 Å². The fourth-order valence-electron chi connectivity index (χ4n) is 4.17. The summed E-state index contributed by atoms with van der Waals surface area (Å²) in [5.74, 6) is -0.794. The Hall–Kier alpha value is -3.25. The largest absolute Gasteiger partial charge is 0.449 e. The van der Waals surface area contributed by atoms with Crippen molar-refractivity contribution in [3.63, 3.8) is 0 Å². The standard InChI is InChI=1S/C26H29N3O3/c1-5-23(25(30)28-20-12-8-9-16(2)17(20)3)32-26(31)24-18-10-6-7-11-21(18)27-22-13-14-29(4)15-19(22)24/h6-12,23H,5,13-15H2,1-4H3,(H,28,30). The number of hydrogen-bond acceptors (Lipinski definition) is 5. The van der Waals surface area contributed by atoms with Gasteiger partial charge in [-0.2, -0.15) is 0 Å². The lowest BCUT2D eigenvalue weighted by atomic mass is 9.96. The first-order valence-electron chi connectivity index (χ1n) is 11.1. The minimum Gasteiger partial charge on any atom is -0.449 e. The van der Waals surface area contributed by atoms with Crippen LogP contribution in [0.4, 0.5) is 5.69 Å². The van der Waals surface area contributed by atoms with Crippen molar-refractivity contribution in [3.05, 3.63) is 70.4 Å². The molecular weight excluding hydrogens is 402 g/mol. The van der Waals surface area contributed by atoms with Crippen LogP contribution in [-0.2, 0) is 22.5 Å². The first kappa shape index (κ1) is 22.0. The van der Waals surface area contributed by atoms with E-state index in [2.05, 4.69) is 10.2 Å². The number of rotatable bonds is 5. The average molecular weight is 432 g/mol. The van der Waals surface area contributed by atoms with Crippen LogP contribution < -0.4 is 5.32 Å². The Kier molecular flexibility index (Phi) is 6.24. The molecule has 0 fully saturated rings. The summed E-state index contributed by atoms with van der Waals surface area (Å²) in [5, 5.41) is 3.69. The molecule has 1 aliphatic rings. The molecule has 0 radical (unpaired) electrons. The van der Waals surface area contributed by atoms with E-state index in [1.165, 1.54) is 0 Å². The molecule has 1 N–H and O–H groups in total. The van der Waals surface area contributed by atoms with Crippen molar-refractivity contribution in [2.45, 2.75) is 46.3 Å². The molecule has 32 heavy (non-hydrogen) atoms. The summed E-state index contributed by atoms with van der Waals surface area (Å²) in [5.41, 5.74) is 5.95. The zero-order valence-electron chi connectivity index (χ0n) is 19.1. The third-order valence-electron chi connectivity index (χ3n) is 6.22. The summed E-state index contributed by atoms with van der Waals surface area (Å²) in [6, 6.07) is 13.4. The highest BCUT2D eigenvalue weighted by molar-refractivity contribution is 6.06. The number of pyridine rings is 1. The number of para-hydroxylation sites is 1. The molecule has 4 rings (SSSR count). The van der Waals surface area contributed by atoms with Gasteiger partial charge in [0.2, 0.25) is 0 Å². The Morgan fingerprint density at radius 3 is 2.72 bits per heavy atom. The second-order valence-corrected chi connectivity index (χ2v) is 8.46. The summed E-state index contributed by atoms with van der Waals surface area (Å²) < 4.78 is 5.80. The Morgan fingerprint density at radius 1 is 1.16 bits per heavy atom. The van der Waals surface area contributed by atoms with Crippen LogP contribution in [0.1, 0.15) is 46.1 Å². The maximum absolute atomic E-state index is 13.4. The summed E-state index contributed by atoms with van der Waals surface area (Å²) in [7, 11) is 2.03. The van der Waals surface area contributed by atoms with Crippen LogP contribution in [0.5, 0.6) is 0 Å². The van der Waals surface area contributed by atoms with Gasteiger partial charge < -0.3 is 15.0 Å². The highest BCUT2D eigenvalue weighted by atomic mass is 16.5. The molecule has 6 nitrogen and oxygen atoms in total. The summed E-state index contributed by atoms with van der Waals surface area (Å²) in [6.45, 7) is 7.32. The minimum absolute atomic E-state index is 0.320. The van der Waals surface area contributed by atoms with Crippen molar-refractivity contribution in [1.29, 1.82) is 0 Å². The maximum atomic E-state index is 13.4. The molecule has 1 atom stereocenters. The van der Waals surface area contributed by atoms with Crippen LogP contribution in [-0.4, -0.2) is 41.5 Å². The molecule has 2 heterocycles. The summed E-state index contributed by atoms with van der Waals surface area (Å²) >= 11 is 0. The van der Waals surface area contributed by atoms with E-state index in [0.29, 0.717) is 18.5 Å². The van der Waals surface area contributed by atoms with E-state index in [-0.39, 0.29) is 5.91 Å². The minimum atomic E-state index is -0.883. The van der Waals surface area contributed by atoms with Crippen LogP contribution in [0.3, 0.4) is 0 Å². The number of esters is 1. The second-order valence-electron chi connectivity index (χ2n) is 8.46. The topological polar surface area (TPSA) is 71.5 Å². The maximum Gasteiger partial charge on any atom is 0.340 e. The molecule has 1 aliphatic heterocycles. The first-order valence-corrected chi connectivity index (χ1v) is 11.1. The van der Waals surface area contributed by atoms with Crippen molar-refractivity contribution in [1.82, 2.24) is 9.88 Å². The molecule has 166 valence electrons. The second kappa shape index (κ2) is 9.09. The smallest absolute Gasteiger partial charge is 0.340 e. The number of amides is 1. The third-order valence-corrected chi connectivity index (χ3v) is 6.22. The SMILES string of the molecule is CCC(OC(=O)c1c2c(nc3ccccc13)CCN(C)C2)C(=O)Nc1cccc(C)c1C. The number of fused-ring (bicyclic) bond motifs is 2. The Labute approximate surface area is 188 Å². The van der Waals surface area contributed by atoms with Crippen LogP contribution in [0, 0.1) is 13.8 Å². The lowest BCUT2D eigenvalue weighted by Crippen LogP contribution is -2.34. The number of hydrogen-bond donors (Lipinski definition) is 1. The molecule has 0 bridgehead atoms. The summed E-state index contributed by atoms with van der Waals surface area (Å²) in [4.78, 5) is 33.4. The van der Waals surface area contributed by atoms with Crippen molar-refractivity contribution in [2.24, 2.45) is 0 Å². The van der Waals surface area contributed by atoms with Crippen molar-refractivity contribution >= 4 is 28.5 Å². The highest BCUT2D eigenvalue weighted by Crippen LogP contribution is 2.29. The van der Waals surface area contributed by atoms with Gasteiger partial charge in [0.1, 0.15) is 0 Å². The van der Waals surface area contributed by atoms with Crippen molar-refractivity contribution < 1.29 is 14.3 Å². The number of ether oxygens (including phenoxy) is 1. The van der Waals surface area contributed by atoms with Gasteiger partial charge in [-0.25, -0.2) is 4.79 Å². The van der Waals surface area contributed by atoms with Gasteiger partial charge in [0.25, 0.3) is 5.91 Å². The number of aryl methyl sites for hydroxylation is 1. The molecule has 0 saturated heterocycles. The molecule has 3 aromatic rings. The lowest BCUT2D eigenvalue weighted by Gasteiger charge is -2.27. The first-order chi connectivity index (χ1) is 15.4. The van der Waals surface area contributed by atoms with Crippen LogP contribution in [0.15, 0.2) is 42.5 Å². The average Bonchev–Trinajstić information content (AvgIpc) is 2.78. The third kappa shape index (κ3) is 4.23. The van der Waals surface area contributed by atoms with Gasteiger partial charge in [0, 0.05) is 41.8 Å². The zero-order valence-corrected chi connectivity index (χ0v) is 19.1. The monoisotopic (exact) mass is 431 g/mol. The van der Waals surface area contributed by atoms with E-state index in [0.717, 1.165) is 51.9 Å². The Bertz CT molecular complexity index is 1190. The van der Waals surface area contributed by atoms with E-state index < -0.39 is 12.1 Å². The molecule has 1 unspecified atom stereocenters. The number of anilines is 1. The number of benzene rings is 2. The number of nitrogens with one attached hydrogen (secondary N) is 1. The molecule has 1 aromatic heterocycles. The van der Waals surface area contributed by atoms with E-state index in [1.807, 2.05) is 70.3 Å². The molecule has 0 aliphatic carbocycles. The van der Waals surface area contributed by atoms with Gasteiger partial charge in [-0.15, -0.1) is 0 Å². The van der Waals surface area contributed by atoms with Crippen LogP contribution >= 0.6 is 0 Å². The molecular formula is C26H29N3O3. The van der Waals surface area contributed by atoms with E-state index >= 15 is 0 Å². The molecule has 0 spiro atoms. The number of nitrogens with zero attached hydrogens (tertiary/aromatic N) is 2. The Balaban J connectivity index is 1.64. The van der Waals surface area contributed by atoms with E-state index in [4.69, 9.17) is 9.72 Å². The molecule has 0 saturated carbocycles. The number of carbonyl (C=O) groups excluding carboxylic acids is 2. The molecule has 6 heteroatoms. The fraction of sp³-hybridized carbons (Fsp3) is 0.346. The Morgan fingerprint density at radius 2 is 1.94 bits per heavy atom. The van der Waals surface area contributed by atoms with Crippen molar-refractivity contribution in [2.75, 3.05) is 18.9 Å². The van der Waals surface area contributed by atoms with Gasteiger partial charge in [-0.05, 0) is 50.6 Å². The number of aromatic nitrogens is 1. The van der Waals surface area contributed by atoms with Gasteiger partial charge in [0.15, 0.2) is 6.10 Å². The molecule has 2 aromatic carbocycles. The van der Waals surface area contributed by atoms with Gasteiger partial charge in [-0.3, -0.25) is 9.78 Å². The van der Waals surface area contributed by atoms with E-state index in [9.17, 15) is 9.59 Å². The number of carbonyl (C=O) groups is 2. The van der Waals surface area contributed by atoms with Gasteiger partial charge in [-0.1, -0.05) is 37.3 Å². The lowest BCUT2D eigenvalue weighted by molar-refractivity contribution is -0.124. The fourth-order valence-corrected chi connectivity index (χ4v) is 4.17. The predicted octanol–water partition coefficient (Wildman–Crippen LogP) is 4.41. The zero-order chi connectivity index (χ0) is 22.8. The normalized spacial score (nSPS) is 14.6. The molecule has 1 amide bonds. The van der Waals surface area contributed by atoms with Crippen LogP contribution in [0.2, 0.25) is 0 Å². The van der Waals surface area contributed by atoms with E-state index in [1.54, 1.807) is 0 Å².